The van der Waals surface area contributed by atoms with Crippen LogP contribution in [0.1, 0.15) is 55.5 Å². The molecule has 1 heterocycles. The Morgan fingerprint density at radius 2 is 1.91 bits per heavy atom. The summed E-state index contributed by atoms with van der Waals surface area (Å²) in [5.41, 5.74) is 4.81. The van der Waals surface area contributed by atoms with Crippen LogP contribution in [0.2, 0.25) is 0 Å². The number of imidazole rings is 1. The van der Waals surface area contributed by atoms with Crippen LogP contribution in [0.3, 0.4) is 0 Å². The van der Waals surface area contributed by atoms with Gasteiger partial charge in [-0.2, -0.15) is 0 Å². The molecule has 1 amide bonds. The third-order valence-corrected chi connectivity index (χ3v) is 6.33. The van der Waals surface area contributed by atoms with Gasteiger partial charge in [-0.1, -0.05) is 24.6 Å². The first-order chi connectivity index (χ1) is 15.6. The largest absolute Gasteiger partial charge is 0.494 e. The summed E-state index contributed by atoms with van der Waals surface area (Å²) in [4.78, 5) is 16.6. The molecule has 32 heavy (non-hydrogen) atoms. The Labute approximate surface area is 191 Å². The lowest BCUT2D eigenvalue weighted by Crippen LogP contribution is -2.25. The van der Waals surface area contributed by atoms with Crippen molar-refractivity contribution in [2.24, 2.45) is 5.92 Å². The van der Waals surface area contributed by atoms with Crippen LogP contribution in [0, 0.1) is 19.8 Å². The highest BCUT2D eigenvalue weighted by Crippen LogP contribution is 2.28. The maximum Gasteiger partial charge on any atom is 0.223 e. The summed E-state index contributed by atoms with van der Waals surface area (Å²) in [6.07, 6.45) is 7.25. The number of benzene rings is 2. The van der Waals surface area contributed by atoms with Crippen molar-refractivity contribution >= 4 is 16.9 Å². The monoisotopic (exact) mass is 433 g/mol. The van der Waals surface area contributed by atoms with E-state index in [1.54, 1.807) is 0 Å². The maximum absolute atomic E-state index is 11.7. The molecule has 0 aliphatic heterocycles. The van der Waals surface area contributed by atoms with Gasteiger partial charge in [0.1, 0.15) is 11.6 Å². The van der Waals surface area contributed by atoms with Gasteiger partial charge in [0.05, 0.1) is 17.6 Å². The van der Waals surface area contributed by atoms with Crippen LogP contribution < -0.4 is 10.1 Å². The first-order valence-electron chi connectivity index (χ1n) is 12.0. The number of carbonyl (C=O) groups is 1. The number of aromatic nitrogens is 2. The first-order valence-corrected chi connectivity index (χ1v) is 12.0. The van der Waals surface area contributed by atoms with E-state index in [0.717, 1.165) is 75.1 Å². The van der Waals surface area contributed by atoms with Crippen molar-refractivity contribution in [3.63, 3.8) is 0 Å². The molecule has 5 nitrogen and oxygen atoms in total. The standard InChI is InChI=1S/C27H35N3O2/c1-20-12-15-23(19-21(20)2)32-18-8-17-30-25-10-6-5-9-24(25)29-26(30)11-4-3-7-16-28-27(31)22-13-14-22/h5-6,9-10,12,15,19,22H,3-4,7-8,11,13-14,16-18H2,1-2H3,(H,28,31). The molecule has 170 valence electrons. The second-order valence-corrected chi connectivity index (χ2v) is 8.99. The second kappa shape index (κ2) is 10.7. The number of nitrogens with zero attached hydrogens (tertiary/aromatic N) is 2. The molecule has 3 aromatic rings. The van der Waals surface area contributed by atoms with Gasteiger partial charge in [-0.15, -0.1) is 0 Å². The molecular formula is C27H35N3O2. The molecule has 0 unspecified atom stereocenters. The second-order valence-electron chi connectivity index (χ2n) is 8.99. The van der Waals surface area contributed by atoms with E-state index in [1.807, 2.05) is 6.07 Å². The number of hydrogen-bond acceptors (Lipinski definition) is 3. The summed E-state index contributed by atoms with van der Waals surface area (Å²) in [6.45, 7) is 6.62. The zero-order chi connectivity index (χ0) is 22.3. The van der Waals surface area contributed by atoms with Crippen molar-refractivity contribution in [1.82, 2.24) is 14.9 Å². The van der Waals surface area contributed by atoms with Gasteiger partial charge in [0, 0.05) is 25.4 Å². The van der Waals surface area contributed by atoms with Crippen LogP contribution in [-0.2, 0) is 17.8 Å². The van der Waals surface area contributed by atoms with E-state index in [-0.39, 0.29) is 5.91 Å². The topological polar surface area (TPSA) is 56.1 Å². The predicted octanol–water partition coefficient (Wildman–Crippen LogP) is 5.36. The molecule has 0 atom stereocenters. The molecule has 2 aromatic carbocycles. The number of fused-ring (bicyclic) bond motifs is 1. The molecular weight excluding hydrogens is 398 g/mol. The fraction of sp³-hybridized carbons (Fsp3) is 0.481. The number of rotatable bonds is 12. The SMILES string of the molecule is Cc1ccc(OCCCn2c(CCCCCNC(=O)C3CC3)nc3ccccc32)cc1C. The van der Waals surface area contributed by atoms with Crippen molar-refractivity contribution in [2.45, 2.75) is 65.3 Å². The molecule has 1 saturated carbocycles. The number of amides is 1. The van der Waals surface area contributed by atoms with Crippen molar-refractivity contribution in [3.8, 4) is 5.75 Å². The lowest BCUT2D eigenvalue weighted by Gasteiger charge is -2.11. The van der Waals surface area contributed by atoms with Gasteiger partial charge >= 0.3 is 0 Å². The van der Waals surface area contributed by atoms with Gasteiger partial charge in [0.15, 0.2) is 0 Å². The van der Waals surface area contributed by atoms with Gasteiger partial charge < -0.3 is 14.6 Å². The average Bonchev–Trinajstić information content (AvgIpc) is 3.59. The summed E-state index contributed by atoms with van der Waals surface area (Å²) in [6, 6.07) is 14.7. The van der Waals surface area contributed by atoms with E-state index < -0.39 is 0 Å². The van der Waals surface area contributed by atoms with Gasteiger partial charge in [-0.3, -0.25) is 4.79 Å². The van der Waals surface area contributed by atoms with Crippen LogP contribution in [0.5, 0.6) is 5.75 Å². The minimum Gasteiger partial charge on any atom is -0.494 e. The third-order valence-electron chi connectivity index (χ3n) is 6.33. The minimum atomic E-state index is 0.245. The highest BCUT2D eigenvalue weighted by atomic mass is 16.5. The molecule has 0 spiro atoms. The Morgan fingerprint density at radius 3 is 2.72 bits per heavy atom. The van der Waals surface area contributed by atoms with Crippen molar-refractivity contribution in [2.75, 3.05) is 13.2 Å². The Kier molecular flexibility index (Phi) is 7.46. The van der Waals surface area contributed by atoms with Crippen LogP contribution in [-0.4, -0.2) is 28.6 Å². The van der Waals surface area contributed by atoms with E-state index in [0.29, 0.717) is 12.5 Å². The van der Waals surface area contributed by atoms with E-state index in [1.165, 1.54) is 16.6 Å². The molecule has 0 saturated heterocycles. The number of hydrogen-bond donors (Lipinski definition) is 1. The summed E-state index contributed by atoms with van der Waals surface area (Å²) in [5.74, 6) is 2.64. The number of carbonyl (C=O) groups excluding carboxylic acids is 1. The summed E-state index contributed by atoms with van der Waals surface area (Å²) < 4.78 is 8.34. The first kappa shape index (κ1) is 22.4. The molecule has 4 rings (SSSR count). The Bertz CT molecular complexity index is 1050. The van der Waals surface area contributed by atoms with Crippen molar-refractivity contribution in [3.05, 3.63) is 59.4 Å². The van der Waals surface area contributed by atoms with E-state index in [2.05, 4.69) is 60.1 Å². The van der Waals surface area contributed by atoms with Crippen LogP contribution in [0.4, 0.5) is 0 Å². The molecule has 1 aliphatic carbocycles. The third kappa shape index (κ3) is 5.90. The zero-order valence-corrected chi connectivity index (χ0v) is 19.4. The fourth-order valence-corrected chi connectivity index (χ4v) is 4.07. The highest BCUT2D eigenvalue weighted by molar-refractivity contribution is 5.80. The molecule has 5 heteroatoms. The van der Waals surface area contributed by atoms with E-state index >= 15 is 0 Å². The summed E-state index contributed by atoms with van der Waals surface area (Å²) in [7, 11) is 0. The normalized spacial score (nSPS) is 13.4. The Morgan fingerprint density at radius 1 is 1.06 bits per heavy atom. The maximum atomic E-state index is 11.7. The molecule has 1 aliphatic rings. The fourth-order valence-electron chi connectivity index (χ4n) is 4.07. The van der Waals surface area contributed by atoms with Gasteiger partial charge in [-0.25, -0.2) is 4.98 Å². The molecule has 1 N–H and O–H groups in total. The lowest BCUT2D eigenvalue weighted by molar-refractivity contribution is -0.122. The molecule has 0 bridgehead atoms. The molecule has 0 radical (unpaired) electrons. The highest BCUT2D eigenvalue weighted by Gasteiger charge is 2.28. The Balaban J connectivity index is 1.26. The predicted molar refractivity (Wildman–Crippen MR) is 129 cm³/mol. The summed E-state index contributed by atoms with van der Waals surface area (Å²) in [5, 5.41) is 3.06. The number of nitrogens with one attached hydrogen (secondary N) is 1. The quantitative estimate of drug-likeness (QED) is 0.391. The summed E-state index contributed by atoms with van der Waals surface area (Å²) >= 11 is 0. The molecule has 1 fully saturated rings. The van der Waals surface area contributed by atoms with E-state index in [9.17, 15) is 4.79 Å². The van der Waals surface area contributed by atoms with Gasteiger partial charge in [0.2, 0.25) is 5.91 Å². The molecule has 1 aromatic heterocycles. The number of ether oxygens (including phenoxy) is 1. The Hall–Kier alpha value is -2.82. The average molecular weight is 434 g/mol. The number of aryl methyl sites for hydroxylation is 4. The van der Waals surface area contributed by atoms with Gasteiger partial charge in [0.25, 0.3) is 0 Å². The zero-order valence-electron chi connectivity index (χ0n) is 19.4. The van der Waals surface area contributed by atoms with Crippen molar-refractivity contribution < 1.29 is 9.53 Å². The number of unbranched alkanes of at least 4 members (excludes halogenated alkanes) is 2. The van der Waals surface area contributed by atoms with Crippen LogP contribution in [0.25, 0.3) is 11.0 Å². The number of para-hydroxylation sites is 2. The lowest BCUT2D eigenvalue weighted by atomic mass is 10.1. The smallest absolute Gasteiger partial charge is 0.223 e. The van der Waals surface area contributed by atoms with Crippen LogP contribution >= 0.6 is 0 Å². The van der Waals surface area contributed by atoms with E-state index in [4.69, 9.17) is 9.72 Å². The van der Waals surface area contributed by atoms with Gasteiger partial charge in [-0.05, 0) is 81.3 Å². The van der Waals surface area contributed by atoms with Crippen molar-refractivity contribution in [1.29, 1.82) is 0 Å². The van der Waals surface area contributed by atoms with Crippen LogP contribution in [0.15, 0.2) is 42.5 Å². The minimum absolute atomic E-state index is 0.245.